The largest absolute Gasteiger partial charge is 0.321 e. The molecule has 1 aliphatic rings. The Balaban J connectivity index is 1.87. The number of anilines is 2. The van der Waals surface area contributed by atoms with Crippen LogP contribution in [-0.2, 0) is 15.0 Å². The summed E-state index contributed by atoms with van der Waals surface area (Å²) in [6, 6.07) is 15.3. The standard InChI is InChI=1S/C22H25N3O2/c1-15-8-7-9-16(14-15)25-20(26)13-12-19(24-25)21(27)23-18-11-6-5-10-17(18)22(2,3)4/h5-11,14H,12-13H2,1-4H3,(H,23,27). The minimum atomic E-state index is -0.267. The van der Waals surface area contributed by atoms with Gasteiger partial charge in [-0.3, -0.25) is 9.59 Å². The average Bonchev–Trinajstić information content (AvgIpc) is 2.61. The van der Waals surface area contributed by atoms with E-state index in [9.17, 15) is 9.59 Å². The molecule has 1 aliphatic heterocycles. The third-order valence-electron chi connectivity index (χ3n) is 4.52. The van der Waals surface area contributed by atoms with E-state index in [1.807, 2.05) is 55.5 Å². The summed E-state index contributed by atoms with van der Waals surface area (Å²) >= 11 is 0. The number of para-hydroxylation sites is 1. The van der Waals surface area contributed by atoms with E-state index in [0.717, 1.165) is 16.8 Å². The molecule has 0 atom stereocenters. The third-order valence-corrected chi connectivity index (χ3v) is 4.52. The summed E-state index contributed by atoms with van der Waals surface area (Å²) < 4.78 is 0. The zero-order chi connectivity index (χ0) is 19.6. The maximum absolute atomic E-state index is 12.8. The highest BCUT2D eigenvalue weighted by Gasteiger charge is 2.27. The molecule has 0 bridgehead atoms. The molecule has 5 nitrogen and oxygen atoms in total. The number of benzene rings is 2. The molecule has 1 N–H and O–H groups in total. The summed E-state index contributed by atoms with van der Waals surface area (Å²) in [5.41, 5.74) is 3.81. The molecule has 3 rings (SSSR count). The second-order valence-corrected chi connectivity index (χ2v) is 7.84. The van der Waals surface area contributed by atoms with Gasteiger partial charge in [0, 0.05) is 18.5 Å². The predicted octanol–water partition coefficient (Wildman–Crippen LogP) is 4.41. The van der Waals surface area contributed by atoms with Crippen molar-refractivity contribution in [2.45, 2.75) is 46.0 Å². The molecular formula is C22H25N3O2. The van der Waals surface area contributed by atoms with Gasteiger partial charge in [0.15, 0.2) is 0 Å². The van der Waals surface area contributed by atoms with E-state index < -0.39 is 0 Å². The predicted molar refractivity (Wildman–Crippen MR) is 109 cm³/mol. The van der Waals surface area contributed by atoms with Gasteiger partial charge in [-0.2, -0.15) is 5.10 Å². The Labute approximate surface area is 160 Å². The van der Waals surface area contributed by atoms with Crippen molar-refractivity contribution in [3.05, 3.63) is 59.7 Å². The average molecular weight is 363 g/mol. The van der Waals surface area contributed by atoms with Crippen LogP contribution in [0.3, 0.4) is 0 Å². The van der Waals surface area contributed by atoms with Crippen molar-refractivity contribution in [3.63, 3.8) is 0 Å². The molecule has 1 heterocycles. The highest BCUT2D eigenvalue weighted by molar-refractivity contribution is 6.44. The van der Waals surface area contributed by atoms with Crippen molar-refractivity contribution in [2.75, 3.05) is 10.3 Å². The lowest BCUT2D eigenvalue weighted by atomic mass is 9.86. The number of amides is 2. The SMILES string of the molecule is Cc1cccc(N2N=C(C(=O)Nc3ccccc3C(C)(C)C)CCC2=O)c1. The lowest BCUT2D eigenvalue weighted by Crippen LogP contribution is -2.36. The summed E-state index contributed by atoms with van der Waals surface area (Å²) in [4.78, 5) is 25.1. The Morgan fingerprint density at radius 3 is 2.52 bits per heavy atom. The van der Waals surface area contributed by atoms with E-state index in [-0.39, 0.29) is 23.7 Å². The summed E-state index contributed by atoms with van der Waals surface area (Å²) in [5.74, 6) is -0.371. The molecule has 2 aromatic rings. The fraction of sp³-hybridized carbons (Fsp3) is 0.318. The lowest BCUT2D eigenvalue weighted by Gasteiger charge is -2.25. The zero-order valence-corrected chi connectivity index (χ0v) is 16.2. The van der Waals surface area contributed by atoms with Gasteiger partial charge in [-0.25, -0.2) is 5.01 Å². The lowest BCUT2D eigenvalue weighted by molar-refractivity contribution is -0.118. The fourth-order valence-corrected chi connectivity index (χ4v) is 3.12. The van der Waals surface area contributed by atoms with E-state index in [2.05, 4.69) is 31.2 Å². The van der Waals surface area contributed by atoms with Gasteiger partial charge >= 0.3 is 0 Å². The van der Waals surface area contributed by atoms with Crippen LogP contribution in [0.5, 0.6) is 0 Å². The van der Waals surface area contributed by atoms with Gasteiger partial charge < -0.3 is 5.32 Å². The quantitative estimate of drug-likeness (QED) is 0.878. The topological polar surface area (TPSA) is 61.8 Å². The van der Waals surface area contributed by atoms with Crippen molar-refractivity contribution in [1.82, 2.24) is 0 Å². The second kappa shape index (κ2) is 7.35. The number of rotatable bonds is 3. The Morgan fingerprint density at radius 2 is 1.81 bits per heavy atom. The number of aryl methyl sites for hydroxylation is 1. The van der Waals surface area contributed by atoms with Crippen LogP contribution in [0.4, 0.5) is 11.4 Å². The van der Waals surface area contributed by atoms with Gasteiger partial charge in [-0.05, 0) is 41.7 Å². The summed E-state index contributed by atoms with van der Waals surface area (Å²) in [6.45, 7) is 8.27. The summed E-state index contributed by atoms with van der Waals surface area (Å²) in [7, 11) is 0. The van der Waals surface area contributed by atoms with Crippen LogP contribution in [0.2, 0.25) is 0 Å². The molecule has 0 radical (unpaired) electrons. The van der Waals surface area contributed by atoms with E-state index in [1.165, 1.54) is 5.01 Å². The van der Waals surface area contributed by atoms with Crippen LogP contribution in [-0.4, -0.2) is 17.5 Å². The maximum atomic E-state index is 12.8. The molecule has 0 spiro atoms. The summed E-state index contributed by atoms with van der Waals surface area (Å²) in [6.07, 6.45) is 0.603. The molecule has 0 aromatic heterocycles. The van der Waals surface area contributed by atoms with Gasteiger partial charge in [-0.1, -0.05) is 51.1 Å². The number of hydrazone groups is 1. The van der Waals surface area contributed by atoms with E-state index in [0.29, 0.717) is 17.8 Å². The molecule has 0 saturated carbocycles. The first kappa shape index (κ1) is 18.8. The van der Waals surface area contributed by atoms with Crippen LogP contribution < -0.4 is 10.3 Å². The first-order valence-electron chi connectivity index (χ1n) is 9.13. The summed E-state index contributed by atoms with van der Waals surface area (Å²) in [5, 5.41) is 8.66. The van der Waals surface area contributed by atoms with Gasteiger partial charge in [-0.15, -0.1) is 0 Å². The van der Waals surface area contributed by atoms with Gasteiger partial charge in [0.05, 0.1) is 5.69 Å². The molecular weight excluding hydrogens is 338 g/mol. The highest BCUT2D eigenvalue weighted by atomic mass is 16.2. The molecule has 140 valence electrons. The van der Waals surface area contributed by atoms with Crippen LogP contribution in [0.15, 0.2) is 53.6 Å². The Hall–Kier alpha value is -2.95. The maximum Gasteiger partial charge on any atom is 0.271 e. The van der Waals surface area contributed by atoms with Crippen LogP contribution >= 0.6 is 0 Å². The zero-order valence-electron chi connectivity index (χ0n) is 16.2. The van der Waals surface area contributed by atoms with Crippen LogP contribution in [0, 0.1) is 6.92 Å². The van der Waals surface area contributed by atoms with Crippen molar-refractivity contribution < 1.29 is 9.59 Å². The third kappa shape index (κ3) is 4.25. The molecule has 2 amide bonds. The van der Waals surface area contributed by atoms with Crippen LogP contribution in [0.25, 0.3) is 0 Å². The molecule has 5 heteroatoms. The number of nitrogens with one attached hydrogen (secondary N) is 1. The highest BCUT2D eigenvalue weighted by Crippen LogP contribution is 2.29. The monoisotopic (exact) mass is 363 g/mol. The Morgan fingerprint density at radius 1 is 1.07 bits per heavy atom. The smallest absolute Gasteiger partial charge is 0.271 e. The van der Waals surface area contributed by atoms with Gasteiger partial charge in [0.1, 0.15) is 5.71 Å². The molecule has 0 saturated heterocycles. The Bertz CT molecular complexity index is 910. The first-order chi connectivity index (χ1) is 12.8. The fourth-order valence-electron chi connectivity index (χ4n) is 3.12. The first-order valence-corrected chi connectivity index (χ1v) is 9.13. The number of hydrogen-bond acceptors (Lipinski definition) is 3. The Kier molecular flexibility index (Phi) is 5.13. The molecule has 0 fully saturated rings. The normalized spacial score (nSPS) is 14.7. The number of carbonyl (C=O) groups excluding carboxylic acids is 2. The minimum absolute atomic E-state index is 0.0954. The number of nitrogens with zero attached hydrogens (tertiary/aromatic N) is 2. The van der Waals surface area contributed by atoms with Crippen molar-refractivity contribution in [3.8, 4) is 0 Å². The molecule has 27 heavy (non-hydrogen) atoms. The van der Waals surface area contributed by atoms with E-state index >= 15 is 0 Å². The number of hydrogen-bond donors (Lipinski definition) is 1. The number of carbonyl (C=O) groups is 2. The van der Waals surface area contributed by atoms with Crippen molar-refractivity contribution in [1.29, 1.82) is 0 Å². The van der Waals surface area contributed by atoms with Crippen molar-refractivity contribution >= 4 is 28.9 Å². The van der Waals surface area contributed by atoms with E-state index in [1.54, 1.807) is 0 Å². The van der Waals surface area contributed by atoms with Gasteiger partial charge in [0.25, 0.3) is 5.91 Å². The van der Waals surface area contributed by atoms with Crippen LogP contribution in [0.1, 0.15) is 44.7 Å². The molecule has 0 unspecified atom stereocenters. The minimum Gasteiger partial charge on any atom is -0.321 e. The van der Waals surface area contributed by atoms with Gasteiger partial charge in [0.2, 0.25) is 5.91 Å². The second-order valence-electron chi connectivity index (χ2n) is 7.84. The molecule has 0 aliphatic carbocycles. The molecule has 2 aromatic carbocycles. The van der Waals surface area contributed by atoms with Crippen molar-refractivity contribution in [2.24, 2.45) is 5.10 Å². The van der Waals surface area contributed by atoms with E-state index in [4.69, 9.17) is 0 Å².